The van der Waals surface area contributed by atoms with Crippen molar-refractivity contribution in [3.05, 3.63) is 100 Å². The van der Waals surface area contributed by atoms with Crippen LogP contribution in [-0.2, 0) is 11.3 Å². The van der Waals surface area contributed by atoms with Crippen molar-refractivity contribution in [2.75, 3.05) is 18.4 Å². The summed E-state index contributed by atoms with van der Waals surface area (Å²) in [5.74, 6) is -0.187. The number of rotatable bonds is 5. The number of aryl methyl sites for hydroxylation is 1. The van der Waals surface area contributed by atoms with E-state index in [-0.39, 0.29) is 23.6 Å². The maximum Gasteiger partial charge on any atom is 0.228 e. The number of piperidine rings is 1. The lowest BCUT2D eigenvalue weighted by atomic mass is 9.83. The van der Waals surface area contributed by atoms with Gasteiger partial charge in [0.25, 0.3) is 0 Å². The predicted octanol–water partition coefficient (Wildman–Crippen LogP) is 6.03. The van der Waals surface area contributed by atoms with Gasteiger partial charge in [0.1, 0.15) is 5.82 Å². The van der Waals surface area contributed by atoms with Crippen LogP contribution < -0.4 is 5.32 Å². The molecular weight excluding hydrogens is 411 g/mol. The molecule has 3 aromatic carbocycles. The molecule has 1 aliphatic rings. The first-order valence-corrected chi connectivity index (χ1v) is 10.9. The summed E-state index contributed by atoms with van der Waals surface area (Å²) in [5, 5.41) is 3.61. The second-order valence-electron chi connectivity index (χ2n) is 8.37. The van der Waals surface area contributed by atoms with Gasteiger partial charge in [0, 0.05) is 30.3 Å². The Bertz CT molecular complexity index is 1070. The first kappa shape index (κ1) is 21.5. The Kier molecular flexibility index (Phi) is 6.69. The van der Waals surface area contributed by atoms with Gasteiger partial charge < -0.3 is 5.32 Å². The van der Waals surface area contributed by atoms with Gasteiger partial charge in [-0.1, -0.05) is 59.6 Å². The van der Waals surface area contributed by atoms with Crippen LogP contribution in [-0.4, -0.2) is 23.9 Å². The fourth-order valence-corrected chi connectivity index (χ4v) is 4.57. The number of anilines is 1. The Morgan fingerprint density at radius 1 is 1.06 bits per heavy atom. The lowest BCUT2D eigenvalue weighted by Crippen LogP contribution is -2.43. The second kappa shape index (κ2) is 9.63. The van der Waals surface area contributed by atoms with E-state index < -0.39 is 0 Å². The highest BCUT2D eigenvalue weighted by molar-refractivity contribution is 6.30. The molecular formula is C26H26ClFN2O. The summed E-state index contributed by atoms with van der Waals surface area (Å²) in [6, 6.07) is 22.4. The molecule has 3 nitrogen and oxygen atoms in total. The molecule has 160 valence electrons. The Morgan fingerprint density at radius 3 is 2.65 bits per heavy atom. The SMILES string of the molecule is Cc1cccc(C2CC(C(=O)Nc3cccc(Cl)c3)CN(Cc3cccc(F)c3)C2)c1. The molecule has 2 atom stereocenters. The monoisotopic (exact) mass is 436 g/mol. The number of hydrogen-bond acceptors (Lipinski definition) is 2. The quantitative estimate of drug-likeness (QED) is 0.529. The number of hydrogen-bond donors (Lipinski definition) is 1. The summed E-state index contributed by atoms with van der Waals surface area (Å²) in [5.41, 5.74) is 4.06. The lowest BCUT2D eigenvalue weighted by Gasteiger charge is -2.37. The van der Waals surface area contributed by atoms with Gasteiger partial charge in [-0.15, -0.1) is 0 Å². The molecule has 1 N–H and O–H groups in total. The third kappa shape index (κ3) is 5.72. The van der Waals surface area contributed by atoms with Gasteiger partial charge in [0.05, 0.1) is 5.92 Å². The van der Waals surface area contributed by atoms with Gasteiger partial charge in [0.15, 0.2) is 0 Å². The molecule has 1 saturated heterocycles. The van der Waals surface area contributed by atoms with E-state index in [9.17, 15) is 9.18 Å². The highest BCUT2D eigenvalue weighted by Gasteiger charge is 2.32. The van der Waals surface area contributed by atoms with Gasteiger partial charge >= 0.3 is 0 Å². The summed E-state index contributed by atoms with van der Waals surface area (Å²) >= 11 is 6.07. The highest BCUT2D eigenvalue weighted by atomic mass is 35.5. The van der Waals surface area contributed by atoms with Gasteiger partial charge in [-0.25, -0.2) is 4.39 Å². The van der Waals surface area contributed by atoms with Crippen LogP contribution in [0.5, 0.6) is 0 Å². The zero-order chi connectivity index (χ0) is 21.8. The zero-order valence-corrected chi connectivity index (χ0v) is 18.3. The van der Waals surface area contributed by atoms with E-state index in [1.165, 1.54) is 17.2 Å². The molecule has 0 spiro atoms. The van der Waals surface area contributed by atoms with E-state index in [2.05, 4.69) is 41.4 Å². The molecule has 2 unspecified atom stereocenters. The minimum atomic E-state index is -0.236. The smallest absolute Gasteiger partial charge is 0.228 e. The van der Waals surface area contributed by atoms with Crippen molar-refractivity contribution >= 4 is 23.2 Å². The van der Waals surface area contributed by atoms with Gasteiger partial charge in [-0.05, 0) is 60.7 Å². The average Bonchev–Trinajstić information content (AvgIpc) is 2.73. The van der Waals surface area contributed by atoms with Crippen molar-refractivity contribution in [1.29, 1.82) is 0 Å². The second-order valence-corrected chi connectivity index (χ2v) is 8.80. The van der Waals surface area contributed by atoms with Crippen LogP contribution in [0.2, 0.25) is 5.02 Å². The fourth-order valence-electron chi connectivity index (χ4n) is 4.38. The summed E-state index contributed by atoms with van der Waals surface area (Å²) in [6.45, 7) is 4.16. The van der Waals surface area contributed by atoms with Crippen LogP contribution in [0, 0.1) is 18.7 Å². The maximum absolute atomic E-state index is 13.7. The molecule has 31 heavy (non-hydrogen) atoms. The Morgan fingerprint density at radius 2 is 1.87 bits per heavy atom. The summed E-state index contributed by atoms with van der Waals surface area (Å²) in [4.78, 5) is 15.4. The molecule has 1 aliphatic heterocycles. The van der Waals surface area contributed by atoms with Crippen molar-refractivity contribution in [3.63, 3.8) is 0 Å². The molecule has 1 amide bonds. The van der Waals surface area contributed by atoms with E-state index in [4.69, 9.17) is 11.6 Å². The molecule has 1 fully saturated rings. The van der Waals surface area contributed by atoms with E-state index in [0.717, 1.165) is 18.5 Å². The van der Waals surface area contributed by atoms with Gasteiger partial charge in [-0.3, -0.25) is 9.69 Å². The number of carbonyl (C=O) groups is 1. The maximum atomic E-state index is 13.7. The number of nitrogens with one attached hydrogen (secondary N) is 1. The predicted molar refractivity (Wildman–Crippen MR) is 124 cm³/mol. The van der Waals surface area contributed by atoms with Crippen molar-refractivity contribution in [1.82, 2.24) is 4.90 Å². The van der Waals surface area contributed by atoms with Gasteiger partial charge in [0.2, 0.25) is 5.91 Å². The number of carbonyl (C=O) groups excluding carboxylic acids is 1. The van der Waals surface area contributed by atoms with Crippen LogP contribution in [0.1, 0.15) is 29.0 Å². The molecule has 0 bridgehead atoms. The van der Waals surface area contributed by atoms with Crippen molar-refractivity contribution in [2.24, 2.45) is 5.92 Å². The van der Waals surface area contributed by atoms with Crippen LogP contribution in [0.4, 0.5) is 10.1 Å². The van der Waals surface area contributed by atoms with Gasteiger partial charge in [-0.2, -0.15) is 0 Å². The average molecular weight is 437 g/mol. The first-order valence-electron chi connectivity index (χ1n) is 10.6. The number of benzene rings is 3. The number of amides is 1. The molecule has 0 saturated carbocycles. The molecule has 0 aliphatic carbocycles. The zero-order valence-electron chi connectivity index (χ0n) is 17.5. The first-order chi connectivity index (χ1) is 15.0. The summed E-state index contributed by atoms with van der Waals surface area (Å²) < 4.78 is 13.7. The Hall–Kier alpha value is -2.69. The van der Waals surface area contributed by atoms with Crippen LogP contribution >= 0.6 is 11.6 Å². The molecule has 1 heterocycles. The normalized spacial score (nSPS) is 19.2. The highest BCUT2D eigenvalue weighted by Crippen LogP contribution is 2.32. The van der Waals surface area contributed by atoms with E-state index in [1.807, 2.05) is 18.2 Å². The molecule has 5 heteroatoms. The number of halogens is 2. The van der Waals surface area contributed by atoms with Crippen molar-refractivity contribution < 1.29 is 9.18 Å². The van der Waals surface area contributed by atoms with Crippen molar-refractivity contribution in [2.45, 2.75) is 25.8 Å². The molecule has 4 rings (SSSR count). The third-order valence-electron chi connectivity index (χ3n) is 5.80. The standard InChI is InChI=1S/C26H26ClFN2O/c1-18-5-2-7-20(11-18)21-13-22(26(31)29-25-10-4-8-23(27)14-25)17-30(16-21)15-19-6-3-9-24(28)12-19/h2-12,14,21-22H,13,15-17H2,1H3,(H,29,31). The van der Waals surface area contributed by atoms with E-state index in [1.54, 1.807) is 24.3 Å². The Labute approximate surface area is 187 Å². The minimum Gasteiger partial charge on any atom is -0.326 e. The topological polar surface area (TPSA) is 32.3 Å². The fraction of sp³-hybridized carbons (Fsp3) is 0.269. The van der Waals surface area contributed by atoms with Crippen LogP contribution in [0.3, 0.4) is 0 Å². The summed E-state index contributed by atoms with van der Waals surface area (Å²) in [6.07, 6.45) is 0.773. The number of nitrogens with zero attached hydrogens (tertiary/aromatic N) is 1. The van der Waals surface area contributed by atoms with Crippen LogP contribution in [0.15, 0.2) is 72.8 Å². The minimum absolute atomic E-state index is 0.0103. The summed E-state index contributed by atoms with van der Waals surface area (Å²) in [7, 11) is 0. The largest absolute Gasteiger partial charge is 0.326 e. The van der Waals surface area contributed by atoms with E-state index in [0.29, 0.717) is 23.8 Å². The Balaban J connectivity index is 1.55. The molecule has 3 aromatic rings. The lowest BCUT2D eigenvalue weighted by molar-refractivity contribution is -0.121. The van der Waals surface area contributed by atoms with E-state index >= 15 is 0 Å². The molecule has 0 radical (unpaired) electrons. The molecule has 0 aromatic heterocycles. The third-order valence-corrected chi connectivity index (χ3v) is 6.03. The van der Waals surface area contributed by atoms with Crippen molar-refractivity contribution in [3.8, 4) is 0 Å². The number of likely N-dealkylation sites (tertiary alicyclic amines) is 1. The van der Waals surface area contributed by atoms with Crippen LogP contribution in [0.25, 0.3) is 0 Å².